The van der Waals surface area contributed by atoms with E-state index in [1.165, 1.54) is 5.56 Å². The Balaban J connectivity index is 1.16. The lowest BCUT2D eigenvalue weighted by atomic mass is 9.73. The van der Waals surface area contributed by atoms with Crippen molar-refractivity contribution in [1.29, 1.82) is 0 Å². The van der Waals surface area contributed by atoms with Crippen molar-refractivity contribution in [3.05, 3.63) is 203 Å². The summed E-state index contributed by atoms with van der Waals surface area (Å²) in [6, 6.07) is 58.2. The van der Waals surface area contributed by atoms with Crippen LogP contribution in [0, 0.1) is 17.8 Å². The van der Waals surface area contributed by atoms with Gasteiger partial charge in [0.2, 0.25) is 0 Å². The molecule has 1 unspecified atom stereocenters. The smallest absolute Gasteiger partial charge is 0.321 e. The highest BCUT2D eigenvalue weighted by atomic mass is 16.5. The third-order valence-corrected chi connectivity index (χ3v) is 12.0. The molecule has 2 aliphatic rings. The molecule has 8 rings (SSSR count). The molecule has 4 atom stereocenters. The number of methoxy groups -OCH3 is 1. The Bertz CT molecular complexity index is 2250. The number of benzene rings is 6. The van der Waals surface area contributed by atoms with Gasteiger partial charge in [0.1, 0.15) is 11.4 Å². The second-order valence-corrected chi connectivity index (χ2v) is 16.2. The van der Waals surface area contributed by atoms with Gasteiger partial charge < -0.3 is 24.6 Å². The Kier molecular flexibility index (Phi) is 12.7. The first-order valence-corrected chi connectivity index (χ1v) is 21.0. The molecule has 1 N–H and O–H groups in total. The van der Waals surface area contributed by atoms with E-state index < -0.39 is 5.60 Å². The minimum absolute atomic E-state index is 0.0522. The van der Waals surface area contributed by atoms with Gasteiger partial charge in [-0.15, -0.1) is 0 Å². The van der Waals surface area contributed by atoms with E-state index in [0.29, 0.717) is 25.6 Å². The number of hydrogen-bond acceptors (Lipinski definition) is 5. The zero-order chi connectivity index (χ0) is 41.3. The summed E-state index contributed by atoms with van der Waals surface area (Å²) in [4.78, 5) is 21.2. The fraction of sp³-hybridized carbons (Fsp3) is 0.264. The Morgan fingerprint density at radius 1 is 0.700 bits per heavy atom. The molecule has 0 bridgehead atoms. The highest BCUT2D eigenvalue weighted by Crippen LogP contribution is 2.46. The maximum atomic E-state index is 14.3. The maximum Gasteiger partial charge on any atom is 0.321 e. The molecule has 0 saturated carbocycles. The molecule has 6 aromatic rings. The van der Waals surface area contributed by atoms with E-state index in [4.69, 9.17) is 9.47 Å². The summed E-state index contributed by atoms with van der Waals surface area (Å²) in [6.45, 7) is 3.54. The van der Waals surface area contributed by atoms with Gasteiger partial charge in [0.15, 0.2) is 0 Å². The molecule has 2 heterocycles. The zero-order valence-electron chi connectivity index (χ0n) is 34.8. The fourth-order valence-electron chi connectivity index (χ4n) is 9.18. The van der Waals surface area contributed by atoms with Gasteiger partial charge in [-0.05, 0) is 104 Å². The number of carbonyl (C=O) groups is 1. The quantitative estimate of drug-likeness (QED) is 0.105. The molecule has 304 valence electrons. The van der Waals surface area contributed by atoms with Crippen molar-refractivity contribution in [2.75, 3.05) is 59.3 Å². The molecular formula is C53H54N4O3. The molecule has 7 heteroatoms. The lowest BCUT2D eigenvalue weighted by Crippen LogP contribution is -2.69. The van der Waals surface area contributed by atoms with Crippen LogP contribution in [0.15, 0.2) is 170 Å². The predicted molar refractivity (Wildman–Crippen MR) is 241 cm³/mol. The van der Waals surface area contributed by atoms with Crippen LogP contribution >= 0.6 is 0 Å². The number of hydrogen-bond donors (Lipinski definition) is 1. The number of urea groups is 1. The monoisotopic (exact) mass is 794 g/mol. The van der Waals surface area contributed by atoms with Crippen LogP contribution < -0.4 is 10.1 Å². The third kappa shape index (κ3) is 9.02. The van der Waals surface area contributed by atoms with E-state index in [2.05, 4.69) is 156 Å². The van der Waals surface area contributed by atoms with Gasteiger partial charge in [0.05, 0.1) is 13.7 Å². The molecule has 6 aromatic carbocycles. The van der Waals surface area contributed by atoms with Gasteiger partial charge in [0.25, 0.3) is 0 Å². The number of ether oxygens (including phenoxy) is 2. The minimum atomic E-state index is -0.850. The van der Waals surface area contributed by atoms with Crippen LogP contribution in [0.4, 0.5) is 10.5 Å². The number of fused-ring (bicyclic) bond motifs is 1. The van der Waals surface area contributed by atoms with E-state index in [9.17, 15) is 4.79 Å². The minimum Gasteiger partial charge on any atom is -0.497 e. The van der Waals surface area contributed by atoms with Crippen molar-refractivity contribution in [3.63, 3.8) is 0 Å². The van der Waals surface area contributed by atoms with Gasteiger partial charge in [-0.25, -0.2) is 4.79 Å². The molecule has 0 radical (unpaired) electrons. The van der Waals surface area contributed by atoms with Crippen LogP contribution in [-0.4, -0.2) is 86.8 Å². The van der Waals surface area contributed by atoms with Crippen molar-refractivity contribution in [2.24, 2.45) is 5.92 Å². The van der Waals surface area contributed by atoms with Crippen LogP contribution in [0.25, 0.3) is 0 Å². The van der Waals surface area contributed by atoms with Crippen LogP contribution in [0.5, 0.6) is 5.75 Å². The highest BCUT2D eigenvalue weighted by molar-refractivity contribution is 5.89. The van der Waals surface area contributed by atoms with E-state index in [0.717, 1.165) is 58.8 Å². The molecule has 2 fully saturated rings. The fourth-order valence-corrected chi connectivity index (χ4v) is 9.18. The number of carbonyl (C=O) groups excluding carboxylic acids is 1. The number of anilines is 1. The summed E-state index contributed by atoms with van der Waals surface area (Å²) >= 11 is 0. The Hall–Kier alpha value is -6.17. The molecule has 2 saturated heterocycles. The Labute approximate surface area is 355 Å². The van der Waals surface area contributed by atoms with Crippen LogP contribution in [0.1, 0.15) is 45.7 Å². The lowest BCUT2D eigenvalue weighted by Gasteiger charge is -2.58. The van der Waals surface area contributed by atoms with Crippen molar-refractivity contribution in [1.82, 2.24) is 14.7 Å². The van der Waals surface area contributed by atoms with Crippen molar-refractivity contribution < 1.29 is 14.3 Å². The average molecular weight is 795 g/mol. The van der Waals surface area contributed by atoms with Crippen molar-refractivity contribution in [3.8, 4) is 17.6 Å². The Morgan fingerprint density at radius 3 is 1.77 bits per heavy atom. The molecule has 0 aromatic heterocycles. The van der Waals surface area contributed by atoms with E-state index in [1.54, 1.807) is 7.11 Å². The summed E-state index contributed by atoms with van der Waals surface area (Å²) in [5.74, 6) is 7.82. The first kappa shape index (κ1) is 40.6. The van der Waals surface area contributed by atoms with Gasteiger partial charge >= 0.3 is 6.03 Å². The van der Waals surface area contributed by atoms with Crippen LogP contribution in [-0.2, 0) is 10.3 Å². The van der Waals surface area contributed by atoms with Crippen molar-refractivity contribution in [2.45, 2.75) is 30.0 Å². The normalized spacial score (nSPS) is 19.2. The van der Waals surface area contributed by atoms with Crippen molar-refractivity contribution >= 4 is 11.7 Å². The third-order valence-electron chi connectivity index (χ3n) is 12.0. The zero-order valence-corrected chi connectivity index (χ0v) is 34.8. The molecule has 2 aliphatic heterocycles. The molecule has 7 nitrogen and oxygen atoms in total. The number of amides is 2. The number of rotatable bonds is 11. The van der Waals surface area contributed by atoms with Gasteiger partial charge in [-0.3, -0.25) is 4.90 Å². The highest BCUT2D eigenvalue weighted by Gasteiger charge is 2.52. The van der Waals surface area contributed by atoms with Crippen LogP contribution in [0.3, 0.4) is 0 Å². The van der Waals surface area contributed by atoms with Gasteiger partial charge in [-0.1, -0.05) is 133 Å². The summed E-state index contributed by atoms with van der Waals surface area (Å²) in [5.41, 5.74) is 6.31. The number of nitrogens with one attached hydrogen (secondary N) is 1. The second-order valence-electron chi connectivity index (χ2n) is 16.2. The predicted octanol–water partition coefficient (Wildman–Crippen LogP) is 9.36. The van der Waals surface area contributed by atoms with Gasteiger partial charge in [0, 0.05) is 54.5 Å². The maximum absolute atomic E-state index is 14.3. The molecule has 2 amide bonds. The summed E-state index contributed by atoms with van der Waals surface area (Å²) in [7, 11) is 5.88. The first-order valence-electron chi connectivity index (χ1n) is 21.0. The topological polar surface area (TPSA) is 57.3 Å². The largest absolute Gasteiger partial charge is 0.497 e. The standard InChI is InChI=1S/C53H54N4O3/c1-55(2)36-42-34-35-57-49(38-56(37-42)52(58)54-47-30-32-48(59-3)33-31-47)51(43-28-26-41(27-29-43)25-24-40-16-8-4-9-17-40)50(57)39-60-53(44-18-10-5-11-19-44,45-20-12-6-13-21-45)46-22-14-7-15-23-46/h4-23,26-33,42,49-51H,34-39H2,1-3H3,(H,54,58)/t42?,49-,50+,51+/m0/s1. The molecular weight excluding hydrogens is 741 g/mol. The van der Waals surface area contributed by atoms with E-state index in [-0.39, 0.29) is 24.0 Å². The Morgan fingerprint density at radius 2 is 1.23 bits per heavy atom. The molecule has 0 aliphatic carbocycles. The second kappa shape index (κ2) is 18.8. The summed E-state index contributed by atoms with van der Waals surface area (Å²) < 4.78 is 12.9. The van der Waals surface area contributed by atoms with E-state index in [1.807, 2.05) is 59.5 Å². The first-order chi connectivity index (χ1) is 29.4. The summed E-state index contributed by atoms with van der Waals surface area (Å²) in [5, 5.41) is 3.20. The lowest BCUT2D eigenvalue weighted by molar-refractivity contribution is -0.105. The molecule has 60 heavy (non-hydrogen) atoms. The average Bonchev–Trinajstić information content (AvgIpc) is 3.28. The SMILES string of the molecule is COc1ccc(NC(=O)N2CC(CN(C)C)CCN3[C@H](COC(c4ccccc4)(c4ccccc4)c4ccccc4)[C@H](c4ccc(C#Cc5ccccc5)cc4)[C@@H]3C2)cc1. The number of nitrogens with zero attached hydrogens (tertiary/aromatic N) is 3. The van der Waals surface area contributed by atoms with E-state index >= 15 is 0 Å². The van der Waals surface area contributed by atoms with Gasteiger partial charge in [-0.2, -0.15) is 0 Å². The molecule has 0 spiro atoms. The van der Waals surface area contributed by atoms with Crippen LogP contribution in [0.2, 0.25) is 0 Å². The summed E-state index contributed by atoms with van der Waals surface area (Å²) in [6.07, 6.45) is 0.958.